The van der Waals surface area contributed by atoms with Crippen LogP contribution in [0, 0.1) is 0 Å². The van der Waals surface area contributed by atoms with Crippen LogP contribution in [0.3, 0.4) is 0 Å². The van der Waals surface area contributed by atoms with Gasteiger partial charge in [0.05, 0.1) is 6.10 Å². The minimum absolute atomic E-state index is 0.0744. The van der Waals surface area contributed by atoms with E-state index in [1.807, 2.05) is 43.3 Å². The van der Waals surface area contributed by atoms with Crippen LogP contribution in [0.15, 0.2) is 48.5 Å². The van der Waals surface area contributed by atoms with Crippen molar-refractivity contribution in [1.82, 2.24) is 5.32 Å². The van der Waals surface area contributed by atoms with E-state index in [0.717, 1.165) is 35.1 Å². The average molecular weight is 397 g/mol. The molecule has 2 N–H and O–H groups in total. The highest BCUT2D eigenvalue weighted by Crippen LogP contribution is 2.44. The Morgan fingerprint density at radius 2 is 1.66 bits per heavy atom. The van der Waals surface area contributed by atoms with Crippen molar-refractivity contribution in [3.63, 3.8) is 0 Å². The topological polar surface area (TPSA) is 84.9 Å². The number of hydrogen-bond donors (Lipinski definition) is 2. The summed E-state index contributed by atoms with van der Waals surface area (Å²) in [7, 11) is 0. The molecule has 1 aliphatic carbocycles. The molecule has 2 aromatic rings. The Bertz CT molecular complexity index is 820. The predicted molar refractivity (Wildman–Crippen MR) is 110 cm³/mol. The maximum atomic E-state index is 12.3. The van der Waals surface area contributed by atoms with Gasteiger partial charge in [-0.3, -0.25) is 0 Å². The van der Waals surface area contributed by atoms with Crippen LogP contribution < -0.4 is 5.32 Å². The molecule has 2 atom stereocenters. The fraction of sp³-hybridized carbons (Fsp3) is 0.391. The lowest BCUT2D eigenvalue weighted by atomic mass is 9.98. The summed E-state index contributed by atoms with van der Waals surface area (Å²) in [5.41, 5.74) is 4.48. The van der Waals surface area contributed by atoms with Gasteiger partial charge in [0.1, 0.15) is 6.61 Å². The molecule has 0 aromatic heterocycles. The zero-order valence-electron chi connectivity index (χ0n) is 16.8. The number of carboxylic acid groups (broad SMARTS) is 1. The summed E-state index contributed by atoms with van der Waals surface area (Å²) in [4.78, 5) is 23.9. The van der Waals surface area contributed by atoms with Crippen molar-refractivity contribution in [1.29, 1.82) is 0 Å². The van der Waals surface area contributed by atoms with Gasteiger partial charge in [-0.1, -0.05) is 61.9 Å². The maximum Gasteiger partial charge on any atom is 0.407 e. The SMILES string of the molecule is CCCCOC(C)[C@H](NC(=O)OCC1c2ccccc2-c2ccccc21)C(=O)O. The highest BCUT2D eigenvalue weighted by atomic mass is 16.6. The molecule has 1 amide bonds. The number of alkyl carbamates (subject to hydrolysis) is 1. The summed E-state index contributed by atoms with van der Waals surface area (Å²) < 4.78 is 11.0. The Kier molecular flexibility index (Phi) is 6.88. The summed E-state index contributed by atoms with van der Waals surface area (Å²) in [5.74, 6) is -1.22. The molecule has 1 aliphatic rings. The highest BCUT2D eigenvalue weighted by Gasteiger charge is 2.31. The van der Waals surface area contributed by atoms with Crippen LogP contribution >= 0.6 is 0 Å². The normalized spacial score (nSPS) is 14.6. The second-order valence-corrected chi connectivity index (χ2v) is 7.22. The summed E-state index contributed by atoms with van der Waals surface area (Å²) >= 11 is 0. The predicted octanol–water partition coefficient (Wildman–Crippen LogP) is 4.18. The van der Waals surface area contributed by atoms with Gasteiger partial charge >= 0.3 is 12.1 Å². The van der Waals surface area contributed by atoms with Crippen LogP contribution in [-0.4, -0.2) is 42.5 Å². The Balaban J connectivity index is 1.63. The molecule has 3 rings (SSSR count). The molecule has 2 aromatic carbocycles. The molecule has 0 fully saturated rings. The van der Waals surface area contributed by atoms with E-state index >= 15 is 0 Å². The summed E-state index contributed by atoms with van der Waals surface area (Å²) in [5, 5.41) is 11.9. The van der Waals surface area contributed by atoms with Crippen LogP contribution in [0.5, 0.6) is 0 Å². The number of aliphatic carboxylic acids is 1. The molecule has 0 spiro atoms. The lowest BCUT2D eigenvalue weighted by Crippen LogP contribution is -2.49. The molecule has 154 valence electrons. The first-order valence-electron chi connectivity index (χ1n) is 9.98. The van der Waals surface area contributed by atoms with E-state index in [0.29, 0.717) is 6.61 Å². The van der Waals surface area contributed by atoms with Crippen molar-refractivity contribution in [2.45, 2.75) is 44.8 Å². The molecule has 0 saturated carbocycles. The van der Waals surface area contributed by atoms with E-state index in [4.69, 9.17) is 9.47 Å². The molecule has 29 heavy (non-hydrogen) atoms. The average Bonchev–Trinajstić information content (AvgIpc) is 3.04. The van der Waals surface area contributed by atoms with Crippen molar-refractivity contribution in [2.24, 2.45) is 0 Å². The monoisotopic (exact) mass is 397 g/mol. The number of amides is 1. The zero-order valence-corrected chi connectivity index (χ0v) is 16.8. The van der Waals surface area contributed by atoms with Crippen molar-refractivity contribution < 1.29 is 24.2 Å². The number of carbonyl (C=O) groups is 2. The van der Waals surface area contributed by atoms with E-state index in [1.54, 1.807) is 6.92 Å². The van der Waals surface area contributed by atoms with Gasteiger partial charge in [0.15, 0.2) is 6.04 Å². The Labute approximate surface area is 170 Å². The van der Waals surface area contributed by atoms with Gasteiger partial charge < -0.3 is 19.9 Å². The Morgan fingerprint density at radius 3 is 2.21 bits per heavy atom. The number of hydrogen-bond acceptors (Lipinski definition) is 4. The fourth-order valence-electron chi connectivity index (χ4n) is 3.66. The summed E-state index contributed by atoms with van der Waals surface area (Å²) in [6.45, 7) is 4.25. The summed E-state index contributed by atoms with van der Waals surface area (Å²) in [6, 6.07) is 14.9. The highest BCUT2D eigenvalue weighted by molar-refractivity contribution is 5.81. The third-order valence-electron chi connectivity index (χ3n) is 5.23. The molecule has 1 unspecified atom stereocenters. The largest absolute Gasteiger partial charge is 0.480 e. The van der Waals surface area contributed by atoms with Crippen LogP contribution in [0.2, 0.25) is 0 Å². The number of ether oxygens (including phenoxy) is 2. The summed E-state index contributed by atoms with van der Waals surface area (Å²) in [6.07, 6.45) is 0.371. The van der Waals surface area contributed by atoms with Gasteiger partial charge in [0.25, 0.3) is 0 Å². The number of nitrogens with one attached hydrogen (secondary N) is 1. The van der Waals surface area contributed by atoms with E-state index in [1.165, 1.54) is 0 Å². The van der Waals surface area contributed by atoms with Crippen LogP contribution in [0.4, 0.5) is 4.79 Å². The van der Waals surface area contributed by atoms with Gasteiger partial charge in [-0.2, -0.15) is 0 Å². The van der Waals surface area contributed by atoms with Crippen LogP contribution in [0.25, 0.3) is 11.1 Å². The van der Waals surface area contributed by atoms with Gasteiger partial charge in [-0.15, -0.1) is 0 Å². The minimum Gasteiger partial charge on any atom is -0.480 e. The van der Waals surface area contributed by atoms with Crippen molar-refractivity contribution >= 4 is 12.1 Å². The number of benzene rings is 2. The van der Waals surface area contributed by atoms with Gasteiger partial charge in [0, 0.05) is 12.5 Å². The van der Waals surface area contributed by atoms with Gasteiger partial charge in [0.2, 0.25) is 0 Å². The van der Waals surface area contributed by atoms with Crippen LogP contribution in [0.1, 0.15) is 43.7 Å². The maximum absolute atomic E-state index is 12.3. The van der Waals surface area contributed by atoms with Gasteiger partial charge in [-0.05, 0) is 35.6 Å². The van der Waals surface area contributed by atoms with Gasteiger partial charge in [-0.25, -0.2) is 9.59 Å². The molecule has 0 heterocycles. The molecule has 0 aliphatic heterocycles. The van der Waals surface area contributed by atoms with Crippen LogP contribution in [-0.2, 0) is 14.3 Å². The molecular weight excluding hydrogens is 370 g/mol. The first-order valence-corrected chi connectivity index (χ1v) is 9.98. The van der Waals surface area contributed by atoms with Crippen molar-refractivity contribution in [3.05, 3.63) is 59.7 Å². The lowest BCUT2D eigenvalue weighted by molar-refractivity contribution is -0.143. The number of carbonyl (C=O) groups excluding carboxylic acids is 1. The molecule has 0 radical (unpaired) electrons. The molecule has 0 bridgehead atoms. The molecule has 6 nitrogen and oxygen atoms in total. The van der Waals surface area contributed by atoms with E-state index in [2.05, 4.69) is 17.4 Å². The smallest absolute Gasteiger partial charge is 0.407 e. The molecule has 6 heteroatoms. The minimum atomic E-state index is -1.16. The van der Waals surface area contributed by atoms with E-state index < -0.39 is 24.2 Å². The zero-order chi connectivity index (χ0) is 20.8. The first kappa shape index (κ1) is 20.9. The lowest BCUT2D eigenvalue weighted by Gasteiger charge is -2.22. The van der Waals surface area contributed by atoms with Crippen molar-refractivity contribution in [3.8, 4) is 11.1 Å². The number of rotatable bonds is 9. The molecule has 0 saturated heterocycles. The third kappa shape index (κ3) is 4.77. The second kappa shape index (κ2) is 9.56. The number of fused-ring (bicyclic) bond motifs is 3. The standard InChI is InChI=1S/C23H27NO5/c1-3-4-13-28-15(2)21(22(25)26)24-23(27)29-14-20-18-11-7-5-9-16(18)17-10-6-8-12-19(17)20/h5-12,15,20-21H,3-4,13-14H2,1-2H3,(H,24,27)(H,25,26)/t15?,21-/m0/s1. The molecular formula is C23H27NO5. The Morgan fingerprint density at radius 1 is 1.07 bits per heavy atom. The Hall–Kier alpha value is -2.86. The third-order valence-corrected chi connectivity index (χ3v) is 5.23. The van der Waals surface area contributed by atoms with Crippen molar-refractivity contribution in [2.75, 3.05) is 13.2 Å². The fourth-order valence-corrected chi connectivity index (χ4v) is 3.66. The second-order valence-electron chi connectivity index (χ2n) is 7.22. The first-order chi connectivity index (χ1) is 14.0. The van der Waals surface area contributed by atoms with E-state index in [9.17, 15) is 14.7 Å². The van der Waals surface area contributed by atoms with E-state index in [-0.39, 0.29) is 12.5 Å². The number of carboxylic acids is 1. The number of unbranched alkanes of at least 4 members (excludes halogenated alkanes) is 1. The quantitative estimate of drug-likeness (QED) is 0.620.